The van der Waals surface area contributed by atoms with Crippen molar-refractivity contribution in [3.63, 3.8) is 0 Å². The summed E-state index contributed by atoms with van der Waals surface area (Å²) in [6.45, 7) is 2.16. The van der Waals surface area contributed by atoms with Crippen LogP contribution in [0.1, 0.15) is 36.0 Å². The molecule has 3 rings (SSSR count). The average Bonchev–Trinajstić information content (AvgIpc) is 3.16. The van der Waals surface area contributed by atoms with E-state index < -0.39 is 0 Å². The Bertz CT molecular complexity index is 591. The van der Waals surface area contributed by atoms with Gasteiger partial charge in [-0.05, 0) is 50.9 Å². The van der Waals surface area contributed by atoms with E-state index in [1.54, 1.807) is 24.3 Å². The van der Waals surface area contributed by atoms with Gasteiger partial charge in [-0.25, -0.2) is 0 Å². The number of anilines is 1. The van der Waals surface area contributed by atoms with Crippen molar-refractivity contribution in [3.8, 4) is 0 Å². The number of piperidine rings is 1. The van der Waals surface area contributed by atoms with Crippen molar-refractivity contribution in [2.45, 2.75) is 37.8 Å². The molecule has 1 aromatic carbocycles. The van der Waals surface area contributed by atoms with Crippen LogP contribution >= 0.6 is 0 Å². The minimum absolute atomic E-state index is 0.0257. The summed E-state index contributed by atoms with van der Waals surface area (Å²) in [6.07, 6.45) is 3.24. The van der Waals surface area contributed by atoms with Crippen LogP contribution in [0.25, 0.3) is 0 Å². The molecule has 0 spiro atoms. The first-order chi connectivity index (χ1) is 11.7. The number of hydrogen-bond donors (Lipinski definition) is 2. The maximum Gasteiger partial charge on any atom is 0.253 e. The lowest BCUT2D eigenvalue weighted by Gasteiger charge is -2.32. The van der Waals surface area contributed by atoms with Crippen molar-refractivity contribution in [3.05, 3.63) is 29.8 Å². The van der Waals surface area contributed by atoms with Gasteiger partial charge in [-0.3, -0.25) is 9.59 Å². The van der Waals surface area contributed by atoms with Crippen LogP contribution in [0.15, 0.2) is 24.3 Å². The van der Waals surface area contributed by atoms with E-state index in [1.165, 1.54) is 0 Å². The third-order valence-corrected chi connectivity index (χ3v) is 4.79. The van der Waals surface area contributed by atoms with Crippen LogP contribution in [0, 0.1) is 0 Å². The largest absolute Gasteiger partial charge is 0.368 e. The van der Waals surface area contributed by atoms with Gasteiger partial charge in [0.15, 0.2) is 0 Å². The van der Waals surface area contributed by atoms with Crippen LogP contribution in [-0.2, 0) is 9.53 Å². The number of nitrogens with one attached hydrogen (secondary N) is 2. The second kappa shape index (κ2) is 7.77. The van der Waals surface area contributed by atoms with Gasteiger partial charge in [0.1, 0.15) is 6.10 Å². The highest BCUT2D eigenvalue weighted by atomic mass is 16.5. The van der Waals surface area contributed by atoms with Crippen LogP contribution in [0.3, 0.4) is 0 Å². The Labute approximate surface area is 142 Å². The number of carbonyl (C=O) groups excluding carboxylic acids is 2. The quantitative estimate of drug-likeness (QED) is 0.880. The monoisotopic (exact) mass is 331 g/mol. The molecule has 2 saturated heterocycles. The standard InChI is InChI=1S/C18H25N3O3/c1-19-14-7-9-21(10-8-14)18(23)13-4-2-5-15(12-13)20-17(22)16-6-3-11-24-16/h2,4-5,12,14,16,19H,3,6-11H2,1H3,(H,20,22). The number of rotatable bonds is 4. The predicted octanol–water partition coefficient (Wildman–Crippen LogP) is 1.63. The van der Waals surface area contributed by atoms with Gasteiger partial charge >= 0.3 is 0 Å². The van der Waals surface area contributed by atoms with Crippen molar-refractivity contribution >= 4 is 17.5 Å². The third-order valence-electron chi connectivity index (χ3n) is 4.79. The molecule has 2 aliphatic rings. The highest BCUT2D eigenvalue weighted by Crippen LogP contribution is 2.18. The highest BCUT2D eigenvalue weighted by molar-refractivity contribution is 5.98. The summed E-state index contributed by atoms with van der Waals surface area (Å²) >= 11 is 0. The first-order valence-electron chi connectivity index (χ1n) is 8.66. The summed E-state index contributed by atoms with van der Waals surface area (Å²) < 4.78 is 5.39. The first kappa shape index (κ1) is 16.9. The van der Waals surface area contributed by atoms with Gasteiger partial charge < -0.3 is 20.3 Å². The van der Waals surface area contributed by atoms with Crippen molar-refractivity contribution in [2.24, 2.45) is 0 Å². The minimum Gasteiger partial charge on any atom is -0.368 e. The molecule has 2 amide bonds. The minimum atomic E-state index is -0.370. The predicted molar refractivity (Wildman–Crippen MR) is 92.0 cm³/mol. The van der Waals surface area contributed by atoms with E-state index in [9.17, 15) is 9.59 Å². The van der Waals surface area contributed by atoms with E-state index in [1.807, 2.05) is 11.9 Å². The summed E-state index contributed by atoms with van der Waals surface area (Å²) in [5.41, 5.74) is 1.26. The average molecular weight is 331 g/mol. The SMILES string of the molecule is CNC1CCN(C(=O)c2cccc(NC(=O)C3CCCO3)c2)CC1. The zero-order valence-corrected chi connectivity index (χ0v) is 14.1. The van der Waals surface area contributed by atoms with E-state index in [0.717, 1.165) is 38.8 Å². The second-order valence-corrected chi connectivity index (χ2v) is 6.43. The summed E-state index contributed by atoms with van der Waals surface area (Å²) in [5, 5.41) is 6.12. The van der Waals surface area contributed by atoms with Gasteiger partial charge in [0.05, 0.1) is 0 Å². The second-order valence-electron chi connectivity index (χ2n) is 6.43. The molecule has 0 radical (unpaired) electrons. The number of hydrogen-bond acceptors (Lipinski definition) is 4. The Kier molecular flexibility index (Phi) is 5.48. The molecule has 2 aliphatic heterocycles. The Morgan fingerprint density at radius 1 is 1.21 bits per heavy atom. The van der Waals surface area contributed by atoms with Crippen molar-refractivity contribution in [1.29, 1.82) is 0 Å². The molecule has 2 heterocycles. The van der Waals surface area contributed by atoms with Crippen molar-refractivity contribution in [1.82, 2.24) is 10.2 Å². The van der Waals surface area contributed by atoms with Crippen molar-refractivity contribution < 1.29 is 14.3 Å². The molecule has 130 valence electrons. The summed E-state index contributed by atoms with van der Waals surface area (Å²) in [6, 6.07) is 7.65. The Morgan fingerprint density at radius 3 is 2.67 bits per heavy atom. The van der Waals surface area contributed by atoms with E-state index in [0.29, 0.717) is 23.9 Å². The molecule has 6 nitrogen and oxygen atoms in total. The van der Waals surface area contributed by atoms with Crippen LogP contribution in [0.5, 0.6) is 0 Å². The molecule has 0 saturated carbocycles. The fraction of sp³-hybridized carbons (Fsp3) is 0.556. The zero-order valence-electron chi connectivity index (χ0n) is 14.1. The van der Waals surface area contributed by atoms with Crippen LogP contribution in [-0.4, -0.2) is 55.6 Å². The first-order valence-corrected chi connectivity index (χ1v) is 8.66. The highest BCUT2D eigenvalue weighted by Gasteiger charge is 2.25. The fourth-order valence-electron chi connectivity index (χ4n) is 3.29. The molecule has 1 atom stereocenters. The Morgan fingerprint density at radius 2 is 2.00 bits per heavy atom. The molecule has 1 unspecified atom stereocenters. The number of ether oxygens (including phenoxy) is 1. The molecule has 2 N–H and O–H groups in total. The van der Waals surface area contributed by atoms with E-state index >= 15 is 0 Å². The van der Waals surface area contributed by atoms with E-state index in [-0.39, 0.29) is 17.9 Å². The fourth-order valence-corrected chi connectivity index (χ4v) is 3.29. The Hall–Kier alpha value is -1.92. The normalized spacial score (nSPS) is 21.7. The zero-order chi connectivity index (χ0) is 16.9. The number of carbonyl (C=O) groups is 2. The molecule has 2 fully saturated rings. The maximum atomic E-state index is 12.7. The lowest BCUT2D eigenvalue weighted by molar-refractivity contribution is -0.124. The molecular weight excluding hydrogens is 306 g/mol. The molecule has 1 aromatic rings. The molecule has 0 aliphatic carbocycles. The van der Waals surface area contributed by atoms with Gasteiger partial charge in [-0.2, -0.15) is 0 Å². The van der Waals surface area contributed by atoms with Gasteiger partial charge in [-0.1, -0.05) is 6.07 Å². The number of amides is 2. The van der Waals surface area contributed by atoms with Gasteiger partial charge in [0, 0.05) is 37.0 Å². The van der Waals surface area contributed by atoms with Gasteiger partial charge in [-0.15, -0.1) is 0 Å². The van der Waals surface area contributed by atoms with Gasteiger partial charge in [0.25, 0.3) is 11.8 Å². The van der Waals surface area contributed by atoms with E-state index in [2.05, 4.69) is 10.6 Å². The third kappa shape index (κ3) is 3.94. The molecule has 0 aromatic heterocycles. The summed E-state index contributed by atoms with van der Waals surface area (Å²) in [4.78, 5) is 26.7. The van der Waals surface area contributed by atoms with Crippen LogP contribution in [0.4, 0.5) is 5.69 Å². The lowest BCUT2D eigenvalue weighted by Crippen LogP contribution is -2.43. The number of likely N-dealkylation sites (tertiary alicyclic amines) is 1. The van der Waals surface area contributed by atoms with E-state index in [4.69, 9.17) is 4.74 Å². The smallest absolute Gasteiger partial charge is 0.253 e. The molecule has 24 heavy (non-hydrogen) atoms. The maximum absolute atomic E-state index is 12.7. The summed E-state index contributed by atoms with van der Waals surface area (Å²) in [7, 11) is 1.96. The number of nitrogens with zero attached hydrogens (tertiary/aromatic N) is 1. The molecular formula is C18H25N3O3. The van der Waals surface area contributed by atoms with Crippen LogP contribution < -0.4 is 10.6 Å². The van der Waals surface area contributed by atoms with Crippen LogP contribution in [0.2, 0.25) is 0 Å². The topological polar surface area (TPSA) is 70.7 Å². The number of benzene rings is 1. The van der Waals surface area contributed by atoms with Crippen molar-refractivity contribution in [2.75, 3.05) is 32.1 Å². The molecule has 6 heteroatoms. The molecule has 0 bridgehead atoms. The Balaban J connectivity index is 1.62. The lowest BCUT2D eigenvalue weighted by atomic mass is 10.0. The van der Waals surface area contributed by atoms with Gasteiger partial charge in [0.2, 0.25) is 0 Å². The summed E-state index contributed by atoms with van der Waals surface area (Å²) in [5.74, 6) is -0.107.